The van der Waals surface area contributed by atoms with Gasteiger partial charge < -0.3 is 5.11 Å². The van der Waals surface area contributed by atoms with Gasteiger partial charge in [0.15, 0.2) is 5.82 Å². The third-order valence-corrected chi connectivity index (χ3v) is 2.27. The fourth-order valence-corrected chi connectivity index (χ4v) is 1.43. The number of phenols is 1. The van der Waals surface area contributed by atoms with Crippen LogP contribution in [0.1, 0.15) is 17.0 Å². The Bertz CT molecular complexity index is 564. The molecule has 0 spiro atoms. The van der Waals surface area contributed by atoms with E-state index in [1.54, 1.807) is 6.92 Å². The van der Waals surface area contributed by atoms with Gasteiger partial charge in [-0.3, -0.25) is 0 Å². The molecule has 1 heterocycles. The molecule has 1 N–H and O–H groups in total. The van der Waals surface area contributed by atoms with Crippen molar-refractivity contribution in [2.75, 3.05) is 0 Å². The monoisotopic (exact) mass is 258 g/mol. The fraction of sp³-hybridized carbons (Fsp3) is 0.300. The number of aromatic nitrogens is 4. The molecule has 0 fully saturated rings. The zero-order valence-corrected chi connectivity index (χ0v) is 9.31. The summed E-state index contributed by atoms with van der Waals surface area (Å²) in [7, 11) is 0. The summed E-state index contributed by atoms with van der Waals surface area (Å²) in [6.45, 7) is 1.53. The van der Waals surface area contributed by atoms with Crippen LogP contribution in [0.5, 0.6) is 5.75 Å². The third-order valence-electron chi connectivity index (χ3n) is 2.27. The van der Waals surface area contributed by atoms with Crippen molar-refractivity contribution in [2.45, 2.75) is 19.6 Å². The molecular weight excluding hydrogens is 249 g/mol. The van der Waals surface area contributed by atoms with Crippen molar-refractivity contribution < 1.29 is 18.3 Å². The van der Waals surface area contributed by atoms with Crippen LogP contribution in [0.15, 0.2) is 18.2 Å². The molecule has 0 aliphatic heterocycles. The Morgan fingerprint density at radius 3 is 2.61 bits per heavy atom. The van der Waals surface area contributed by atoms with E-state index in [1.165, 1.54) is 0 Å². The summed E-state index contributed by atoms with van der Waals surface area (Å²) < 4.78 is 37.5. The van der Waals surface area contributed by atoms with Crippen molar-refractivity contribution in [2.24, 2.45) is 0 Å². The number of alkyl halides is 3. The zero-order valence-electron chi connectivity index (χ0n) is 9.31. The van der Waals surface area contributed by atoms with Crippen LogP contribution in [0.4, 0.5) is 13.2 Å². The number of benzene rings is 1. The molecule has 0 radical (unpaired) electrons. The van der Waals surface area contributed by atoms with Gasteiger partial charge in [-0.2, -0.15) is 18.0 Å². The van der Waals surface area contributed by atoms with Gasteiger partial charge in [0, 0.05) is 5.56 Å². The van der Waals surface area contributed by atoms with Gasteiger partial charge in [-0.1, -0.05) is 0 Å². The number of phenolic OH excluding ortho intramolecular Hbond substituents is 1. The predicted molar refractivity (Wildman–Crippen MR) is 54.8 cm³/mol. The van der Waals surface area contributed by atoms with Gasteiger partial charge in [-0.25, -0.2) is 0 Å². The number of tetrazole rings is 1. The summed E-state index contributed by atoms with van der Waals surface area (Å²) >= 11 is 0. The lowest BCUT2D eigenvalue weighted by Crippen LogP contribution is -2.08. The van der Waals surface area contributed by atoms with Crippen LogP contribution in [0, 0.1) is 6.92 Å². The largest absolute Gasteiger partial charge is 0.508 e. The van der Waals surface area contributed by atoms with E-state index in [-0.39, 0.29) is 17.9 Å². The Balaban J connectivity index is 2.32. The molecule has 2 aromatic rings. The molecule has 0 aliphatic carbocycles. The summed E-state index contributed by atoms with van der Waals surface area (Å²) in [5.74, 6) is 0.166. The minimum Gasteiger partial charge on any atom is -0.508 e. The lowest BCUT2D eigenvalue weighted by Gasteiger charge is -2.09. The van der Waals surface area contributed by atoms with E-state index >= 15 is 0 Å². The molecule has 0 saturated heterocycles. The Hall–Kier alpha value is -2.12. The van der Waals surface area contributed by atoms with Crippen molar-refractivity contribution in [1.82, 2.24) is 20.2 Å². The second-order valence-electron chi connectivity index (χ2n) is 3.71. The fourth-order valence-electron chi connectivity index (χ4n) is 1.43. The highest BCUT2D eigenvalue weighted by atomic mass is 19.4. The normalized spacial score (nSPS) is 11.8. The summed E-state index contributed by atoms with van der Waals surface area (Å²) in [6.07, 6.45) is -4.45. The number of nitrogens with zero attached hydrogens (tertiary/aromatic N) is 4. The summed E-state index contributed by atoms with van der Waals surface area (Å²) in [5.41, 5.74) is -0.741. The first kappa shape index (κ1) is 12.3. The first-order chi connectivity index (χ1) is 8.36. The molecule has 0 atom stereocenters. The summed E-state index contributed by atoms with van der Waals surface area (Å²) in [5, 5.41) is 20.6. The topological polar surface area (TPSA) is 63.8 Å². The van der Waals surface area contributed by atoms with Crippen molar-refractivity contribution in [3.05, 3.63) is 35.2 Å². The standard InChI is InChI=1S/C10H9F3N4O/c1-6-14-16-17(15-6)5-7-4-8(10(11,12)13)2-3-9(7)18/h2-4,18H,5H2,1H3. The maximum absolute atomic E-state index is 12.5. The molecule has 0 aliphatic rings. The molecule has 8 heteroatoms. The zero-order chi connectivity index (χ0) is 13.3. The molecule has 5 nitrogen and oxygen atoms in total. The van der Waals surface area contributed by atoms with E-state index in [0.29, 0.717) is 5.82 Å². The van der Waals surface area contributed by atoms with Crippen LogP contribution < -0.4 is 0 Å². The molecule has 1 aromatic carbocycles. The van der Waals surface area contributed by atoms with Crippen LogP contribution in [-0.2, 0) is 12.7 Å². The van der Waals surface area contributed by atoms with Gasteiger partial charge in [-0.15, -0.1) is 10.2 Å². The quantitative estimate of drug-likeness (QED) is 0.891. The van der Waals surface area contributed by atoms with Crippen LogP contribution in [0.3, 0.4) is 0 Å². The first-order valence-corrected chi connectivity index (χ1v) is 5.00. The smallest absolute Gasteiger partial charge is 0.416 e. The molecule has 0 unspecified atom stereocenters. The lowest BCUT2D eigenvalue weighted by atomic mass is 10.1. The number of halogens is 3. The highest BCUT2D eigenvalue weighted by molar-refractivity contribution is 5.37. The van der Waals surface area contributed by atoms with Crippen LogP contribution in [0.25, 0.3) is 0 Å². The summed E-state index contributed by atoms with van der Waals surface area (Å²) in [6, 6.07) is 2.69. The van der Waals surface area contributed by atoms with E-state index < -0.39 is 11.7 Å². The van der Waals surface area contributed by atoms with Crippen molar-refractivity contribution in [3.8, 4) is 5.75 Å². The van der Waals surface area contributed by atoms with Crippen LogP contribution in [-0.4, -0.2) is 25.3 Å². The van der Waals surface area contributed by atoms with Gasteiger partial charge in [0.05, 0.1) is 12.1 Å². The van der Waals surface area contributed by atoms with E-state index in [1.807, 2.05) is 0 Å². The molecule has 18 heavy (non-hydrogen) atoms. The Morgan fingerprint density at radius 1 is 1.33 bits per heavy atom. The van der Waals surface area contributed by atoms with E-state index in [4.69, 9.17) is 0 Å². The van der Waals surface area contributed by atoms with Gasteiger partial charge in [0.25, 0.3) is 0 Å². The molecule has 1 aromatic heterocycles. The van der Waals surface area contributed by atoms with Crippen LogP contribution >= 0.6 is 0 Å². The first-order valence-electron chi connectivity index (χ1n) is 5.00. The number of hydrogen-bond donors (Lipinski definition) is 1. The lowest BCUT2D eigenvalue weighted by molar-refractivity contribution is -0.137. The van der Waals surface area contributed by atoms with E-state index in [9.17, 15) is 18.3 Å². The molecule has 0 saturated carbocycles. The maximum Gasteiger partial charge on any atom is 0.416 e. The third kappa shape index (κ3) is 2.58. The maximum atomic E-state index is 12.5. The second-order valence-corrected chi connectivity index (χ2v) is 3.71. The SMILES string of the molecule is Cc1nnn(Cc2cc(C(F)(F)F)ccc2O)n1. The Kier molecular flexibility index (Phi) is 2.93. The Labute approximate surface area is 99.9 Å². The molecule has 2 rings (SSSR count). The van der Waals surface area contributed by atoms with Crippen molar-refractivity contribution in [3.63, 3.8) is 0 Å². The highest BCUT2D eigenvalue weighted by Gasteiger charge is 2.31. The van der Waals surface area contributed by atoms with Crippen molar-refractivity contribution >= 4 is 0 Å². The van der Waals surface area contributed by atoms with E-state index in [0.717, 1.165) is 23.0 Å². The minimum absolute atomic E-state index is 0.0728. The van der Waals surface area contributed by atoms with Gasteiger partial charge in [-0.05, 0) is 30.3 Å². The predicted octanol–water partition coefficient (Wildman–Crippen LogP) is 1.75. The Morgan fingerprint density at radius 2 is 2.06 bits per heavy atom. The highest BCUT2D eigenvalue weighted by Crippen LogP contribution is 2.32. The average Bonchev–Trinajstić information content (AvgIpc) is 2.66. The molecule has 0 bridgehead atoms. The minimum atomic E-state index is -4.45. The summed E-state index contributed by atoms with van der Waals surface area (Å²) in [4.78, 5) is 1.12. The van der Waals surface area contributed by atoms with Gasteiger partial charge in [0.1, 0.15) is 5.75 Å². The van der Waals surface area contributed by atoms with Gasteiger partial charge >= 0.3 is 6.18 Å². The number of aryl methyl sites for hydroxylation is 1. The second kappa shape index (κ2) is 4.28. The van der Waals surface area contributed by atoms with Crippen LogP contribution in [0.2, 0.25) is 0 Å². The van der Waals surface area contributed by atoms with Gasteiger partial charge in [0.2, 0.25) is 0 Å². The van der Waals surface area contributed by atoms with Crippen molar-refractivity contribution in [1.29, 1.82) is 0 Å². The molecule has 0 amide bonds. The van der Waals surface area contributed by atoms with E-state index in [2.05, 4.69) is 15.4 Å². The number of aromatic hydroxyl groups is 1. The molecule has 96 valence electrons. The molecular formula is C10H9F3N4O. The number of hydrogen-bond acceptors (Lipinski definition) is 4. The number of rotatable bonds is 2. The average molecular weight is 258 g/mol.